The molecule has 100 valence electrons. The molecular formula is C15H24N2O. The van der Waals surface area contributed by atoms with Gasteiger partial charge in [0.05, 0.1) is 5.41 Å². The van der Waals surface area contributed by atoms with Crippen molar-refractivity contribution in [1.29, 1.82) is 0 Å². The maximum Gasteiger partial charge on any atom is 0.229 e. The number of carbonyl (C=O) groups excluding carboxylic acids is 1. The Hall–Kier alpha value is -1.35. The van der Waals surface area contributed by atoms with Crippen molar-refractivity contribution in [3.63, 3.8) is 0 Å². The van der Waals surface area contributed by atoms with Gasteiger partial charge in [0.1, 0.15) is 0 Å². The first-order valence-electron chi connectivity index (χ1n) is 6.29. The van der Waals surface area contributed by atoms with Gasteiger partial charge in [-0.2, -0.15) is 0 Å². The average Bonchev–Trinajstić information content (AvgIpc) is 2.31. The van der Waals surface area contributed by atoms with Gasteiger partial charge in [-0.1, -0.05) is 23.8 Å². The highest BCUT2D eigenvalue weighted by Crippen LogP contribution is 2.19. The molecule has 2 N–H and O–H groups in total. The molecule has 0 unspecified atom stereocenters. The monoisotopic (exact) mass is 248 g/mol. The van der Waals surface area contributed by atoms with E-state index >= 15 is 0 Å². The van der Waals surface area contributed by atoms with Crippen LogP contribution in [0.2, 0.25) is 0 Å². The summed E-state index contributed by atoms with van der Waals surface area (Å²) in [6, 6.07) is 6.31. The van der Waals surface area contributed by atoms with E-state index in [0.29, 0.717) is 13.1 Å². The molecule has 0 aliphatic carbocycles. The standard InChI is InChI=1S/C15H24N2O/c1-11-6-7-13(12(2)8-11)9-17(5)14(18)15(3,4)10-16/h6-8H,9-10,16H2,1-5H3. The molecule has 0 aliphatic rings. The third kappa shape index (κ3) is 3.33. The fourth-order valence-electron chi connectivity index (χ4n) is 1.95. The van der Waals surface area contributed by atoms with Gasteiger partial charge in [-0.3, -0.25) is 4.79 Å². The first-order chi connectivity index (χ1) is 8.27. The summed E-state index contributed by atoms with van der Waals surface area (Å²) in [5, 5.41) is 0. The smallest absolute Gasteiger partial charge is 0.229 e. The molecule has 0 aliphatic heterocycles. The summed E-state index contributed by atoms with van der Waals surface area (Å²) < 4.78 is 0. The van der Waals surface area contributed by atoms with Gasteiger partial charge < -0.3 is 10.6 Å². The Morgan fingerprint density at radius 2 is 1.94 bits per heavy atom. The van der Waals surface area contributed by atoms with Crippen molar-refractivity contribution >= 4 is 5.91 Å². The molecule has 3 nitrogen and oxygen atoms in total. The molecular weight excluding hydrogens is 224 g/mol. The van der Waals surface area contributed by atoms with E-state index in [2.05, 4.69) is 32.0 Å². The van der Waals surface area contributed by atoms with Crippen LogP contribution >= 0.6 is 0 Å². The van der Waals surface area contributed by atoms with E-state index < -0.39 is 5.41 Å². The molecule has 3 heteroatoms. The largest absolute Gasteiger partial charge is 0.341 e. The minimum Gasteiger partial charge on any atom is -0.341 e. The van der Waals surface area contributed by atoms with E-state index in [0.717, 1.165) is 0 Å². The highest BCUT2D eigenvalue weighted by Gasteiger charge is 2.28. The molecule has 1 amide bonds. The maximum absolute atomic E-state index is 12.2. The topological polar surface area (TPSA) is 46.3 Å². The lowest BCUT2D eigenvalue weighted by Crippen LogP contribution is -2.42. The third-order valence-electron chi connectivity index (χ3n) is 3.34. The molecule has 0 aromatic heterocycles. The summed E-state index contributed by atoms with van der Waals surface area (Å²) in [6.07, 6.45) is 0. The minimum absolute atomic E-state index is 0.0879. The lowest BCUT2D eigenvalue weighted by Gasteiger charge is -2.28. The number of amides is 1. The molecule has 0 saturated carbocycles. The van der Waals surface area contributed by atoms with Gasteiger partial charge in [0.25, 0.3) is 0 Å². The first kappa shape index (κ1) is 14.7. The maximum atomic E-state index is 12.2. The Morgan fingerprint density at radius 3 is 2.44 bits per heavy atom. The van der Waals surface area contributed by atoms with Gasteiger partial charge >= 0.3 is 0 Å². The van der Waals surface area contributed by atoms with Crippen LogP contribution in [0.5, 0.6) is 0 Å². The molecule has 0 radical (unpaired) electrons. The molecule has 1 aromatic carbocycles. The third-order valence-corrected chi connectivity index (χ3v) is 3.34. The summed E-state index contributed by atoms with van der Waals surface area (Å²) in [7, 11) is 1.83. The van der Waals surface area contributed by atoms with E-state index in [1.807, 2.05) is 20.9 Å². The van der Waals surface area contributed by atoms with Crippen LogP contribution in [0.1, 0.15) is 30.5 Å². The molecule has 1 rings (SSSR count). The van der Waals surface area contributed by atoms with Crippen molar-refractivity contribution in [2.45, 2.75) is 34.2 Å². The van der Waals surface area contributed by atoms with Crippen LogP contribution in [0.4, 0.5) is 0 Å². The van der Waals surface area contributed by atoms with Gasteiger partial charge in [0.2, 0.25) is 5.91 Å². The summed E-state index contributed by atoms with van der Waals surface area (Å²) in [5.74, 6) is 0.0879. The quantitative estimate of drug-likeness (QED) is 0.888. The van der Waals surface area contributed by atoms with E-state index in [4.69, 9.17) is 5.73 Å². The number of aryl methyl sites for hydroxylation is 2. The van der Waals surface area contributed by atoms with Crippen molar-refractivity contribution in [3.05, 3.63) is 34.9 Å². The van der Waals surface area contributed by atoms with Gasteiger partial charge in [0, 0.05) is 20.1 Å². The minimum atomic E-state index is -0.493. The lowest BCUT2D eigenvalue weighted by molar-refractivity contribution is -0.139. The fourth-order valence-corrected chi connectivity index (χ4v) is 1.95. The summed E-state index contributed by atoms with van der Waals surface area (Å²) in [4.78, 5) is 14.0. The molecule has 0 atom stereocenters. The van der Waals surface area contributed by atoms with Crippen molar-refractivity contribution in [1.82, 2.24) is 4.90 Å². The molecule has 0 saturated heterocycles. The normalized spacial score (nSPS) is 11.4. The second-order valence-electron chi connectivity index (χ2n) is 5.68. The average molecular weight is 248 g/mol. The van der Waals surface area contributed by atoms with E-state index in [1.54, 1.807) is 4.90 Å². The predicted molar refractivity (Wildman–Crippen MR) is 75.2 cm³/mol. The Morgan fingerprint density at radius 1 is 1.33 bits per heavy atom. The van der Waals surface area contributed by atoms with E-state index in [-0.39, 0.29) is 5.91 Å². The van der Waals surface area contributed by atoms with Gasteiger partial charge in [-0.05, 0) is 38.8 Å². The number of rotatable bonds is 4. The van der Waals surface area contributed by atoms with Crippen LogP contribution in [0.25, 0.3) is 0 Å². The SMILES string of the molecule is Cc1ccc(CN(C)C(=O)C(C)(C)CN)c(C)c1. The number of carbonyl (C=O) groups is 1. The van der Waals surface area contributed by atoms with Crippen molar-refractivity contribution in [3.8, 4) is 0 Å². The van der Waals surface area contributed by atoms with Crippen molar-refractivity contribution in [2.75, 3.05) is 13.6 Å². The van der Waals surface area contributed by atoms with Crippen LogP contribution < -0.4 is 5.73 Å². The molecule has 0 heterocycles. The van der Waals surface area contributed by atoms with Gasteiger partial charge in [0.15, 0.2) is 0 Å². The Labute approximate surface area is 110 Å². The molecule has 0 fully saturated rings. The molecule has 18 heavy (non-hydrogen) atoms. The zero-order valence-electron chi connectivity index (χ0n) is 12.1. The number of hydrogen-bond acceptors (Lipinski definition) is 2. The van der Waals surface area contributed by atoms with Gasteiger partial charge in [-0.25, -0.2) is 0 Å². The predicted octanol–water partition coefficient (Wildman–Crippen LogP) is 2.25. The highest BCUT2D eigenvalue weighted by molar-refractivity contribution is 5.82. The first-order valence-corrected chi connectivity index (χ1v) is 6.29. The number of benzene rings is 1. The fraction of sp³-hybridized carbons (Fsp3) is 0.533. The van der Waals surface area contributed by atoms with Gasteiger partial charge in [-0.15, -0.1) is 0 Å². The van der Waals surface area contributed by atoms with E-state index in [9.17, 15) is 4.79 Å². The van der Waals surface area contributed by atoms with Crippen LogP contribution in [0.15, 0.2) is 18.2 Å². The number of hydrogen-bond donors (Lipinski definition) is 1. The summed E-state index contributed by atoms with van der Waals surface area (Å²) in [6.45, 7) is 8.91. The zero-order valence-corrected chi connectivity index (χ0v) is 12.1. The highest BCUT2D eigenvalue weighted by atomic mass is 16.2. The second kappa shape index (κ2) is 5.53. The molecule has 0 spiro atoms. The Balaban J connectivity index is 2.82. The molecule has 1 aromatic rings. The Kier molecular flexibility index (Phi) is 4.52. The van der Waals surface area contributed by atoms with Crippen molar-refractivity contribution in [2.24, 2.45) is 11.1 Å². The zero-order chi connectivity index (χ0) is 13.9. The van der Waals surface area contributed by atoms with E-state index in [1.165, 1.54) is 16.7 Å². The molecule has 0 bridgehead atoms. The van der Waals surface area contributed by atoms with Crippen LogP contribution in [0, 0.1) is 19.3 Å². The Bertz CT molecular complexity index is 438. The summed E-state index contributed by atoms with van der Waals surface area (Å²) >= 11 is 0. The number of nitrogens with two attached hydrogens (primary N) is 1. The van der Waals surface area contributed by atoms with Crippen LogP contribution in [-0.2, 0) is 11.3 Å². The summed E-state index contributed by atoms with van der Waals surface area (Å²) in [5.41, 5.74) is 8.80. The number of nitrogens with zero attached hydrogens (tertiary/aromatic N) is 1. The van der Waals surface area contributed by atoms with Crippen LogP contribution in [0.3, 0.4) is 0 Å². The lowest BCUT2D eigenvalue weighted by atomic mass is 9.91. The van der Waals surface area contributed by atoms with Crippen LogP contribution in [-0.4, -0.2) is 24.4 Å². The second-order valence-corrected chi connectivity index (χ2v) is 5.68. The van der Waals surface area contributed by atoms with Crippen molar-refractivity contribution < 1.29 is 4.79 Å².